The zero-order chi connectivity index (χ0) is 20.7. The summed E-state index contributed by atoms with van der Waals surface area (Å²) >= 11 is 0. The van der Waals surface area contributed by atoms with Crippen LogP contribution in [0.3, 0.4) is 0 Å². The molecule has 0 aromatic carbocycles. The Bertz CT molecular complexity index is 797. The number of anilines is 2. The molecule has 5 rings (SSSR count). The molecule has 0 N–H and O–H groups in total. The summed E-state index contributed by atoms with van der Waals surface area (Å²) in [4.78, 5) is 29.5. The van der Waals surface area contributed by atoms with Gasteiger partial charge >= 0.3 is 5.97 Å². The molecule has 0 bridgehead atoms. The van der Waals surface area contributed by atoms with Crippen LogP contribution in [0.25, 0.3) is 0 Å². The number of likely N-dealkylation sites (tertiary alicyclic amines) is 1. The normalized spacial score (nSPS) is 26.1. The number of aryl methyl sites for hydroxylation is 1. The van der Waals surface area contributed by atoms with E-state index >= 15 is 0 Å². The van der Waals surface area contributed by atoms with E-state index in [0.717, 1.165) is 76.6 Å². The molecule has 164 valence electrons. The van der Waals surface area contributed by atoms with Crippen molar-refractivity contribution in [2.45, 2.75) is 63.9 Å². The first-order chi connectivity index (χ1) is 14.5. The summed E-state index contributed by atoms with van der Waals surface area (Å²) in [5.74, 6) is 1.96. The third-order valence-electron chi connectivity index (χ3n) is 7.56. The van der Waals surface area contributed by atoms with Crippen LogP contribution in [0.15, 0.2) is 0 Å². The summed E-state index contributed by atoms with van der Waals surface area (Å²) < 4.78 is 5.87. The van der Waals surface area contributed by atoms with Gasteiger partial charge in [0.1, 0.15) is 11.9 Å². The first-order valence-electron chi connectivity index (χ1n) is 11.8. The van der Waals surface area contributed by atoms with Gasteiger partial charge in [-0.05, 0) is 64.5 Å². The number of fused-ring (bicyclic) bond motifs is 1. The number of rotatable bonds is 4. The van der Waals surface area contributed by atoms with Gasteiger partial charge in [0.05, 0.1) is 11.1 Å². The van der Waals surface area contributed by atoms with Crippen LogP contribution in [0.5, 0.6) is 0 Å². The molecule has 1 aromatic heterocycles. The van der Waals surface area contributed by atoms with Gasteiger partial charge in [-0.15, -0.1) is 0 Å². The van der Waals surface area contributed by atoms with Gasteiger partial charge in [-0.25, -0.2) is 4.98 Å². The fraction of sp³-hybridized carbons (Fsp3) is 0.783. The molecule has 7 heteroatoms. The highest BCUT2D eigenvalue weighted by molar-refractivity contribution is 5.79. The van der Waals surface area contributed by atoms with Crippen molar-refractivity contribution in [2.24, 2.45) is 5.41 Å². The standard InChI is InChI=1S/C23H35N5O2/c1-26(2)22-24-19-8-4-3-7-18(19)20(25-22)28-13-9-23(10-14-28)15-17(30-21(23)29)16-27-11-5-6-12-27/h17H,3-16H2,1-2H3. The maximum Gasteiger partial charge on any atom is 0.312 e. The lowest BCUT2D eigenvalue weighted by Crippen LogP contribution is -2.43. The van der Waals surface area contributed by atoms with E-state index in [-0.39, 0.29) is 17.5 Å². The number of cyclic esters (lactones) is 1. The summed E-state index contributed by atoms with van der Waals surface area (Å²) in [7, 11) is 4.02. The Balaban J connectivity index is 1.30. The quantitative estimate of drug-likeness (QED) is 0.703. The molecule has 4 heterocycles. The van der Waals surface area contributed by atoms with Gasteiger partial charge < -0.3 is 14.5 Å². The average molecular weight is 414 g/mol. The molecule has 1 aromatic rings. The molecule has 1 spiro atoms. The number of aromatic nitrogens is 2. The van der Waals surface area contributed by atoms with Gasteiger partial charge in [-0.2, -0.15) is 4.98 Å². The lowest BCUT2D eigenvalue weighted by atomic mass is 9.76. The number of esters is 1. The van der Waals surface area contributed by atoms with Crippen LogP contribution >= 0.6 is 0 Å². The van der Waals surface area contributed by atoms with E-state index in [9.17, 15) is 4.79 Å². The first kappa shape index (κ1) is 20.0. The van der Waals surface area contributed by atoms with Crippen molar-refractivity contribution in [2.75, 3.05) is 56.6 Å². The molecule has 1 atom stereocenters. The van der Waals surface area contributed by atoms with Gasteiger partial charge in [0.2, 0.25) is 5.95 Å². The predicted octanol–water partition coefficient (Wildman–Crippen LogP) is 2.42. The molecular formula is C23H35N5O2. The highest BCUT2D eigenvalue weighted by Gasteiger charge is 2.51. The van der Waals surface area contributed by atoms with Gasteiger partial charge in [-0.1, -0.05) is 0 Å². The molecule has 0 saturated carbocycles. The molecule has 1 aliphatic carbocycles. The highest BCUT2D eigenvalue weighted by Crippen LogP contribution is 2.44. The maximum atomic E-state index is 12.9. The Morgan fingerprint density at radius 3 is 2.50 bits per heavy atom. The fourth-order valence-corrected chi connectivity index (χ4v) is 5.77. The van der Waals surface area contributed by atoms with Crippen molar-refractivity contribution in [3.05, 3.63) is 11.3 Å². The third-order valence-corrected chi connectivity index (χ3v) is 7.56. The molecular weight excluding hydrogens is 378 g/mol. The summed E-state index contributed by atoms with van der Waals surface area (Å²) in [5.41, 5.74) is 2.28. The number of hydrogen-bond acceptors (Lipinski definition) is 7. The van der Waals surface area contributed by atoms with E-state index in [1.165, 1.54) is 36.9 Å². The van der Waals surface area contributed by atoms with Crippen molar-refractivity contribution >= 4 is 17.7 Å². The monoisotopic (exact) mass is 413 g/mol. The number of nitrogens with zero attached hydrogens (tertiary/aromatic N) is 5. The molecule has 1 unspecified atom stereocenters. The number of hydrogen-bond donors (Lipinski definition) is 0. The topological polar surface area (TPSA) is 61.8 Å². The molecule has 3 fully saturated rings. The molecule has 4 aliphatic rings. The summed E-state index contributed by atoms with van der Waals surface area (Å²) in [5, 5.41) is 0. The number of carbonyl (C=O) groups excluding carboxylic acids is 1. The second kappa shape index (κ2) is 7.98. The third kappa shape index (κ3) is 3.66. The lowest BCUT2D eigenvalue weighted by Gasteiger charge is -2.38. The van der Waals surface area contributed by atoms with E-state index in [0.29, 0.717) is 0 Å². The van der Waals surface area contributed by atoms with Crippen LogP contribution in [0, 0.1) is 5.41 Å². The SMILES string of the molecule is CN(C)c1nc2c(c(N3CCC4(CC3)CC(CN3CCCC3)OC4=O)n1)CCCC2. The minimum Gasteiger partial charge on any atom is -0.461 e. The first-order valence-corrected chi connectivity index (χ1v) is 11.8. The molecule has 30 heavy (non-hydrogen) atoms. The van der Waals surface area contributed by atoms with Crippen molar-refractivity contribution in [3.63, 3.8) is 0 Å². The molecule has 0 amide bonds. The Kier molecular flexibility index (Phi) is 5.33. The Hall–Kier alpha value is -1.89. The molecule has 3 aliphatic heterocycles. The van der Waals surface area contributed by atoms with E-state index in [1.54, 1.807) is 0 Å². The van der Waals surface area contributed by atoms with Crippen molar-refractivity contribution in [1.29, 1.82) is 0 Å². The van der Waals surface area contributed by atoms with E-state index in [2.05, 4.69) is 9.80 Å². The molecule has 3 saturated heterocycles. The smallest absolute Gasteiger partial charge is 0.312 e. The van der Waals surface area contributed by atoms with Crippen molar-refractivity contribution < 1.29 is 9.53 Å². The highest BCUT2D eigenvalue weighted by atomic mass is 16.6. The summed E-state index contributed by atoms with van der Waals surface area (Å²) in [6.07, 6.45) is 9.81. The number of carbonyl (C=O) groups is 1. The van der Waals surface area contributed by atoms with E-state index < -0.39 is 0 Å². The molecule has 7 nitrogen and oxygen atoms in total. The molecule has 0 radical (unpaired) electrons. The number of piperidine rings is 1. The average Bonchev–Trinajstić information content (AvgIpc) is 3.36. The number of ether oxygens (including phenoxy) is 1. The Labute approximate surface area is 179 Å². The fourth-order valence-electron chi connectivity index (χ4n) is 5.77. The van der Waals surface area contributed by atoms with Crippen LogP contribution < -0.4 is 9.80 Å². The lowest BCUT2D eigenvalue weighted by molar-refractivity contribution is -0.150. The summed E-state index contributed by atoms with van der Waals surface area (Å²) in [6.45, 7) is 4.98. The maximum absolute atomic E-state index is 12.9. The van der Waals surface area contributed by atoms with Crippen LogP contribution in [0.1, 0.15) is 56.2 Å². The van der Waals surface area contributed by atoms with Gasteiger partial charge in [0, 0.05) is 45.7 Å². The minimum absolute atomic E-state index is 0.0463. The van der Waals surface area contributed by atoms with Gasteiger partial charge in [0.25, 0.3) is 0 Å². The zero-order valence-corrected chi connectivity index (χ0v) is 18.5. The van der Waals surface area contributed by atoms with Gasteiger partial charge in [0.15, 0.2) is 0 Å². The van der Waals surface area contributed by atoms with Crippen molar-refractivity contribution in [3.8, 4) is 0 Å². The Morgan fingerprint density at radius 1 is 1.03 bits per heavy atom. The second-order valence-corrected chi connectivity index (χ2v) is 9.88. The van der Waals surface area contributed by atoms with Crippen LogP contribution in [0.4, 0.5) is 11.8 Å². The second-order valence-electron chi connectivity index (χ2n) is 9.88. The predicted molar refractivity (Wildman–Crippen MR) is 117 cm³/mol. The van der Waals surface area contributed by atoms with Crippen LogP contribution in [0.2, 0.25) is 0 Å². The Morgan fingerprint density at radius 2 is 1.77 bits per heavy atom. The van der Waals surface area contributed by atoms with Gasteiger partial charge in [-0.3, -0.25) is 9.69 Å². The largest absolute Gasteiger partial charge is 0.461 e. The van der Waals surface area contributed by atoms with Crippen LogP contribution in [-0.2, 0) is 22.4 Å². The van der Waals surface area contributed by atoms with E-state index in [1.807, 2.05) is 19.0 Å². The van der Waals surface area contributed by atoms with E-state index in [4.69, 9.17) is 14.7 Å². The zero-order valence-electron chi connectivity index (χ0n) is 18.5. The van der Waals surface area contributed by atoms with Crippen molar-refractivity contribution in [1.82, 2.24) is 14.9 Å². The minimum atomic E-state index is -0.279. The summed E-state index contributed by atoms with van der Waals surface area (Å²) in [6, 6.07) is 0. The van der Waals surface area contributed by atoms with Crippen LogP contribution in [-0.4, -0.2) is 73.8 Å².